The van der Waals surface area contributed by atoms with Gasteiger partial charge in [0.2, 0.25) is 0 Å². The first-order valence-electron chi connectivity index (χ1n) is 6.95. The van der Waals surface area contributed by atoms with Gasteiger partial charge in [-0.3, -0.25) is 0 Å². The van der Waals surface area contributed by atoms with Crippen molar-refractivity contribution in [3.63, 3.8) is 0 Å². The maximum absolute atomic E-state index is 3.77. The predicted octanol–water partition coefficient (Wildman–Crippen LogP) is 3.66. The zero-order valence-electron chi connectivity index (χ0n) is 11.8. The van der Waals surface area contributed by atoms with Crippen LogP contribution in [0.3, 0.4) is 0 Å². The topological polar surface area (TPSA) is 12.0 Å². The second-order valence-corrected chi connectivity index (χ2v) is 7.15. The Hall–Kier alpha value is -0.470. The van der Waals surface area contributed by atoms with Crippen molar-refractivity contribution in [1.29, 1.82) is 0 Å². The van der Waals surface area contributed by atoms with Crippen molar-refractivity contribution >= 4 is 11.8 Å². The smallest absolute Gasteiger partial charge is 0.0209 e. The number of benzene rings is 1. The van der Waals surface area contributed by atoms with E-state index in [2.05, 4.69) is 62.1 Å². The van der Waals surface area contributed by atoms with E-state index in [1.165, 1.54) is 29.1 Å². The number of hydrogen-bond donors (Lipinski definition) is 1. The molecule has 0 saturated carbocycles. The van der Waals surface area contributed by atoms with Gasteiger partial charge in [0.05, 0.1) is 0 Å². The fourth-order valence-corrected chi connectivity index (χ4v) is 4.18. The minimum atomic E-state index is 0.455. The van der Waals surface area contributed by atoms with Crippen LogP contribution in [0.15, 0.2) is 24.3 Å². The van der Waals surface area contributed by atoms with Gasteiger partial charge in [0, 0.05) is 11.8 Å². The van der Waals surface area contributed by atoms with E-state index in [-0.39, 0.29) is 0 Å². The number of hydrogen-bond acceptors (Lipinski definition) is 2. The first-order valence-corrected chi connectivity index (χ1v) is 8.11. The summed E-state index contributed by atoms with van der Waals surface area (Å²) < 4.78 is 0. The summed E-state index contributed by atoms with van der Waals surface area (Å²) in [5, 5.41) is 3.77. The van der Waals surface area contributed by atoms with E-state index in [4.69, 9.17) is 0 Å². The zero-order chi connectivity index (χ0) is 13.0. The molecule has 0 amide bonds. The lowest BCUT2D eigenvalue weighted by molar-refractivity contribution is 0.247. The van der Waals surface area contributed by atoms with Crippen LogP contribution in [-0.2, 0) is 6.42 Å². The SMILES string of the molecule is Cc1ccccc1CCNC1CSCCC1(C)C. The van der Waals surface area contributed by atoms with Gasteiger partial charge in [-0.2, -0.15) is 11.8 Å². The highest BCUT2D eigenvalue weighted by Gasteiger charge is 2.31. The maximum atomic E-state index is 3.77. The summed E-state index contributed by atoms with van der Waals surface area (Å²) in [5.74, 6) is 2.59. The zero-order valence-corrected chi connectivity index (χ0v) is 12.6. The lowest BCUT2D eigenvalue weighted by Gasteiger charge is -2.39. The van der Waals surface area contributed by atoms with Gasteiger partial charge >= 0.3 is 0 Å². The Morgan fingerprint density at radius 2 is 2.11 bits per heavy atom. The third-order valence-corrected chi connectivity index (χ3v) is 5.23. The first kappa shape index (κ1) is 14.0. The van der Waals surface area contributed by atoms with Crippen molar-refractivity contribution in [2.75, 3.05) is 18.1 Å². The van der Waals surface area contributed by atoms with E-state index in [0.29, 0.717) is 11.5 Å². The molecule has 1 heterocycles. The summed E-state index contributed by atoms with van der Waals surface area (Å²) in [6, 6.07) is 9.38. The molecule has 1 saturated heterocycles. The molecule has 100 valence electrons. The van der Waals surface area contributed by atoms with Crippen molar-refractivity contribution in [1.82, 2.24) is 5.32 Å². The number of rotatable bonds is 4. The molecular weight excluding hydrogens is 238 g/mol. The molecule has 0 aromatic heterocycles. The molecule has 1 aliphatic heterocycles. The van der Waals surface area contributed by atoms with Crippen molar-refractivity contribution in [2.24, 2.45) is 5.41 Å². The van der Waals surface area contributed by atoms with E-state index in [9.17, 15) is 0 Å². The van der Waals surface area contributed by atoms with Crippen molar-refractivity contribution in [2.45, 2.75) is 39.7 Å². The summed E-state index contributed by atoms with van der Waals surface area (Å²) in [5.41, 5.74) is 3.35. The van der Waals surface area contributed by atoms with Crippen LogP contribution in [0.2, 0.25) is 0 Å². The third-order valence-electron chi connectivity index (χ3n) is 4.16. The van der Waals surface area contributed by atoms with Crippen LogP contribution < -0.4 is 5.32 Å². The Labute approximate surface area is 116 Å². The third kappa shape index (κ3) is 3.52. The van der Waals surface area contributed by atoms with E-state index in [0.717, 1.165) is 13.0 Å². The summed E-state index contributed by atoms with van der Waals surface area (Å²) in [6.07, 6.45) is 2.48. The van der Waals surface area contributed by atoms with Gasteiger partial charge in [-0.05, 0) is 48.6 Å². The largest absolute Gasteiger partial charge is 0.312 e. The lowest BCUT2D eigenvalue weighted by atomic mass is 9.82. The van der Waals surface area contributed by atoms with Gasteiger partial charge in [0.1, 0.15) is 0 Å². The summed E-state index contributed by atoms with van der Waals surface area (Å²) >= 11 is 2.09. The van der Waals surface area contributed by atoms with E-state index >= 15 is 0 Å². The van der Waals surface area contributed by atoms with E-state index < -0.39 is 0 Å². The van der Waals surface area contributed by atoms with Gasteiger partial charge < -0.3 is 5.32 Å². The molecule has 0 bridgehead atoms. The fourth-order valence-electron chi connectivity index (χ4n) is 2.54. The number of aryl methyl sites for hydroxylation is 1. The number of nitrogens with one attached hydrogen (secondary N) is 1. The highest BCUT2D eigenvalue weighted by atomic mass is 32.2. The Kier molecular flexibility index (Phi) is 4.74. The quantitative estimate of drug-likeness (QED) is 0.890. The molecule has 2 heteroatoms. The minimum absolute atomic E-state index is 0.455. The van der Waals surface area contributed by atoms with Crippen LogP contribution >= 0.6 is 11.8 Å². The van der Waals surface area contributed by atoms with Gasteiger partial charge in [0.15, 0.2) is 0 Å². The van der Waals surface area contributed by atoms with Crippen LogP contribution in [0.5, 0.6) is 0 Å². The molecule has 1 aromatic carbocycles. The van der Waals surface area contributed by atoms with Crippen molar-refractivity contribution in [3.05, 3.63) is 35.4 Å². The molecule has 0 aliphatic carbocycles. The maximum Gasteiger partial charge on any atom is 0.0209 e. The highest BCUT2D eigenvalue weighted by Crippen LogP contribution is 2.34. The first-order chi connectivity index (χ1) is 8.59. The lowest BCUT2D eigenvalue weighted by Crippen LogP contribution is -2.47. The normalized spacial score (nSPS) is 22.9. The van der Waals surface area contributed by atoms with Crippen LogP contribution in [-0.4, -0.2) is 24.1 Å². The molecule has 1 atom stereocenters. The predicted molar refractivity (Wildman–Crippen MR) is 82.4 cm³/mol. The summed E-state index contributed by atoms with van der Waals surface area (Å²) in [6.45, 7) is 8.10. The molecule has 0 radical (unpaired) electrons. The average molecular weight is 263 g/mol. The standard InChI is InChI=1S/C16H25NS/c1-13-6-4-5-7-14(13)8-10-17-15-12-18-11-9-16(15,2)3/h4-7,15,17H,8-12H2,1-3H3. The molecule has 1 unspecified atom stereocenters. The summed E-state index contributed by atoms with van der Waals surface area (Å²) in [7, 11) is 0. The molecule has 1 nitrogen and oxygen atoms in total. The summed E-state index contributed by atoms with van der Waals surface area (Å²) in [4.78, 5) is 0. The average Bonchev–Trinajstić information content (AvgIpc) is 2.33. The molecular formula is C16H25NS. The monoisotopic (exact) mass is 263 g/mol. The van der Waals surface area contributed by atoms with Crippen molar-refractivity contribution < 1.29 is 0 Å². The van der Waals surface area contributed by atoms with E-state index in [1.807, 2.05) is 0 Å². The van der Waals surface area contributed by atoms with Gasteiger partial charge in [-0.15, -0.1) is 0 Å². The van der Waals surface area contributed by atoms with Crippen LogP contribution in [0.1, 0.15) is 31.4 Å². The van der Waals surface area contributed by atoms with E-state index in [1.54, 1.807) is 0 Å². The van der Waals surface area contributed by atoms with Gasteiger partial charge in [-0.25, -0.2) is 0 Å². The van der Waals surface area contributed by atoms with Crippen LogP contribution in [0.25, 0.3) is 0 Å². The second kappa shape index (κ2) is 6.12. The molecule has 1 aliphatic rings. The Morgan fingerprint density at radius 3 is 2.83 bits per heavy atom. The molecule has 1 fully saturated rings. The highest BCUT2D eigenvalue weighted by molar-refractivity contribution is 7.99. The fraction of sp³-hybridized carbons (Fsp3) is 0.625. The van der Waals surface area contributed by atoms with Crippen molar-refractivity contribution in [3.8, 4) is 0 Å². The van der Waals surface area contributed by atoms with Gasteiger partial charge in [-0.1, -0.05) is 38.1 Å². The second-order valence-electron chi connectivity index (χ2n) is 6.00. The molecule has 1 N–H and O–H groups in total. The molecule has 1 aromatic rings. The Bertz CT molecular complexity index is 386. The Morgan fingerprint density at radius 1 is 1.33 bits per heavy atom. The Balaban J connectivity index is 1.83. The molecule has 18 heavy (non-hydrogen) atoms. The van der Waals surface area contributed by atoms with Crippen LogP contribution in [0.4, 0.5) is 0 Å². The number of thioether (sulfide) groups is 1. The van der Waals surface area contributed by atoms with Gasteiger partial charge in [0.25, 0.3) is 0 Å². The molecule has 0 spiro atoms. The van der Waals surface area contributed by atoms with Crippen LogP contribution in [0, 0.1) is 12.3 Å². The minimum Gasteiger partial charge on any atom is -0.312 e. The molecule has 2 rings (SSSR count).